The van der Waals surface area contributed by atoms with Crippen molar-refractivity contribution in [3.8, 4) is 0 Å². The van der Waals surface area contributed by atoms with E-state index in [4.69, 9.17) is 5.11 Å². The molecular weight excluding hydrogens is 212 g/mol. The fourth-order valence-electron chi connectivity index (χ4n) is 0.714. The second kappa shape index (κ2) is 20.1. The summed E-state index contributed by atoms with van der Waals surface area (Å²) in [5.41, 5.74) is 1.41. The molecule has 100 valence electrons. The van der Waals surface area contributed by atoms with Gasteiger partial charge in [-0.15, -0.1) is 0 Å². The highest BCUT2D eigenvalue weighted by molar-refractivity contribution is 5.66. The second-order valence-corrected chi connectivity index (χ2v) is 2.59. The topological polar surface area (TPSA) is 37.3 Å². The number of carboxylic acids is 1. The number of benzene rings is 1. The fourth-order valence-corrected chi connectivity index (χ4v) is 0.714. The van der Waals surface area contributed by atoms with Crippen LogP contribution < -0.4 is 0 Å². The Morgan fingerprint density at radius 1 is 1.00 bits per heavy atom. The predicted octanol–water partition coefficient (Wildman–Crippen LogP) is 4.78. The Labute approximate surface area is 107 Å². The molecule has 0 spiro atoms. The first kappa shape index (κ1) is 21.0. The van der Waals surface area contributed by atoms with Gasteiger partial charge >= 0.3 is 5.97 Å². The lowest BCUT2D eigenvalue weighted by Crippen LogP contribution is -1.86. The SMILES string of the molecule is CC.CC.CCC(=O)O.CCc1ccccc1. The summed E-state index contributed by atoms with van der Waals surface area (Å²) in [4.78, 5) is 9.37. The van der Waals surface area contributed by atoms with Crippen LogP contribution in [0, 0.1) is 0 Å². The van der Waals surface area contributed by atoms with Crippen molar-refractivity contribution in [2.24, 2.45) is 0 Å². The first-order valence-corrected chi connectivity index (χ1v) is 6.46. The zero-order valence-corrected chi connectivity index (χ0v) is 12.2. The molecule has 0 aliphatic rings. The van der Waals surface area contributed by atoms with E-state index in [0.717, 1.165) is 6.42 Å². The lowest BCUT2D eigenvalue weighted by Gasteiger charge is -1.89. The van der Waals surface area contributed by atoms with Crippen molar-refractivity contribution in [2.75, 3.05) is 0 Å². The highest BCUT2D eigenvalue weighted by atomic mass is 16.4. The van der Waals surface area contributed by atoms with Gasteiger partial charge in [0.1, 0.15) is 0 Å². The van der Waals surface area contributed by atoms with Gasteiger partial charge in [0.2, 0.25) is 0 Å². The number of aliphatic carboxylic acids is 1. The van der Waals surface area contributed by atoms with Crippen LogP contribution in [0.15, 0.2) is 30.3 Å². The van der Waals surface area contributed by atoms with E-state index in [2.05, 4.69) is 31.2 Å². The Hall–Kier alpha value is -1.31. The van der Waals surface area contributed by atoms with Crippen LogP contribution in [0.3, 0.4) is 0 Å². The average Bonchev–Trinajstić information content (AvgIpc) is 2.44. The van der Waals surface area contributed by atoms with Crippen molar-refractivity contribution in [1.82, 2.24) is 0 Å². The third-order valence-corrected chi connectivity index (χ3v) is 1.55. The maximum atomic E-state index is 9.37. The van der Waals surface area contributed by atoms with Gasteiger partial charge in [-0.3, -0.25) is 4.79 Å². The summed E-state index contributed by atoms with van der Waals surface area (Å²) in [6, 6.07) is 10.5. The molecule has 0 saturated heterocycles. The van der Waals surface area contributed by atoms with Crippen molar-refractivity contribution in [3.63, 3.8) is 0 Å². The molecule has 1 aromatic carbocycles. The Morgan fingerprint density at radius 2 is 1.35 bits per heavy atom. The molecule has 0 aliphatic carbocycles. The number of carbonyl (C=O) groups is 1. The van der Waals surface area contributed by atoms with Crippen LogP contribution >= 0.6 is 0 Å². The largest absolute Gasteiger partial charge is 0.481 e. The lowest BCUT2D eigenvalue weighted by atomic mass is 10.2. The van der Waals surface area contributed by atoms with Gasteiger partial charge in [-0.25, -0.2) is 0 Å². The summed E-state index contributed by atoms with van der Waals surface area (Å²) in [6.07, 6.45) is 1.36. The van der Waals surface area contributed by atoms with E-state index in [1.807, 2.05) is 33.8 Å². The molecule has 17 heavy (non-hydrogen) atoms. The third kappa shape index (κ3) is 20.7. The minimum atomic E-state index is -0.745. The van der Waals surface area contributed by atoms with Crippen molar-refractivity contribution >= 4 is 5.97 Å². The molecular formula is C15H28O2. The summed E-state index contributed by atoms with van der Waals surface area (Å²) in [6.45, 7) is 11.8. The van der Waals surface area contributed by atoms with Gasteiger partial charge in [0.05, 0.1) is 0 Å². The molecule has 0 atom stereocenters. The van der Waals surface area contributed by atoms with Gasteiger partial charge < -0.3 is 5.11 Å². The molecule has 1 N–H and O–H groups in total. The van der Waals surface area contributed by atoms with Crippen LogP contribution in [0.4, 0.5) is 0 Å². The van der Waals surface area contributed by atoms with E-state index in [9.17, 15) is 4.79 Å². The first-order valence-electron chi connectivity index (χ1n) is 6.46. The zero-order valence-electron chi connectivity index (χ0n) is 12.2. The lowest BCUT2D eigenvalue weighted by molar-refractivity contribution is -0.136. The standard InChI is InChI=1S/C8H10.C3H6O2.2C2H6/c1-2-8-6-4-3-5-7-8;1-2-3(4)5;2*1-2/h3-7H,2H2,1H3;2H2,1H3,(H,4,5);2*1-2H3. The van der Waals surface area contributed by atoms with E-state index in [1.165, 1.54) is 5.56 Å². The minimum absolute atomic E-state index is 0.222. The summed E-state index contributed by atoms with van der Waals surface area (Å²) in [7, 11) is 0. The zero-order chi connectivity index (χ0) is 14.1. The Balaban J connectivity index is -0.000000190. The quantitative estimate of drug-likeness (QED) is 0.807. The number of hydrogen-bond acceptors (Lipinski definition) is 1. The van der Waals surface area contributed by atoms with Gasteiger partial charge in [-0.1, -0.05) is 71.9 Å². The maximum absolute atomic E-state index is 9.37. The van der Waals surface area contributed by atoms with Gasteiger partial charge in [0.15, 0.2) is 0 Å². The molecule has 0 bridgehead atoms. The van der Waals surface area contributed by atoms with Crippen LogP contribution in [0.25, 0.3) is 0 Å². The van der Waals surface area contributed by atoms with Gasteiger partial charge in [-0.2, -0.15) is 0 Å². The van der Waals surface area contributed by atoms with Crippen LogP contribution in [-0.2, 0) is 11.2 Å². The second-order valence-electron chi connectivity index (χ2n) is 2.59. The molecule has 0 fully saturated rings. The number of hydrogen-bond donors (Lipinski definition) is 1. The molecule has 1 aromatic rings. The van der Waals surface area contributed by atoms with Gasteiger partial charge in [-0.05, 0) is 12.0 Å². The minimum Gasteiger partial charge on any atom is -0.481 e. The first-order chi connectivity index (χ1) is 8.20. The number of carboxylic acid groups (broad SMARTS) is 1. The Bertz CT molecular complexity index is 230. The third-order valence-electron chi connectivity index (χ3n) is 1.55. The van der Waals surface area contributed by atoms with Crippen LogP contribution in [0.1, 0.15) is 53.5 Å². The maximum Gasteiger partial charge on any atom is 0.303 e. The smallest absolute Gasteiger partial charge is 0.303 e. The molecule has 2 nitrogen and oxygen atoms in total. The average molecular weight is 240 g/mol. The van der Waals surface area contributed by atoms with Gasteiger partial charge in [0, 0.05) is 6.42 Å². The molecule has 0 unspecified atom stereocenters. The van der Waals surface area contributed by atoms with Crippen LogP contribution in [0.5, 0.6) is 0 Å². The molecule has 0 radical (unpaired) electrons. The van der Waals surface area contributed by atoms with Crippen molar-refractivity contribution < 1.29 is 9.90 Å². The highest BCUT2D eigenvalue weighted by Crippen LogP contribution is 1.96. The predicted molar refractivity (Wildman–Crippen MR) is 76.4 cm³/mol. The van der Waals surface area contributed by atoms with Crippen LogP contribution in [0.2, 0.25) is 0 Å². The van der Waals surface area contributed by atoms with Crippen molar-refractivity contribution in [2.45, 2.75) is 54.4 Å². The van der Waals surface area contributed by atoms with E-state index < -0.39 is 5.97 Å². The number of aryl methyl sites for hydroxylation is 1. The van der Waals surface area contributed by atoms with E-state index in [1.54, 1.807) is 6.92 Å². The molecule has 0 amide bonds. The molecule has 0 heterocycles. The van der Waals surface area contributed by atoms with E-state index >= 15 is 0 Å². The molecule has 0 saturated carbocycles. The molecule has 1 rings (SSSR count). The molecule has 0 aromatic heterocycles. The van der Waals surface area contributed by atoms with E-state index in [-0.39, 0.29) is 6.42 Å². The summed E-state index contributed by atoms with van der Waals surface area (Å²) in [5, 5.41) is 7.72. The summed E-state index contributed by atoms with van der Waals surface area (Å²) in [5.74, 6) is -0.745. The highest BCUT2D eigenvalue weighted by Gasteiger charge is 1.81. The molecule has 0 aliphatic heterocycles. The monoisotopic (exact) mass is 240 g/mol. The number of rotatable bonds is 2. The molecule has 2 heteroatoms. The Morgan fingerprint density at radius 3 is 1.53 bits per heavy atom. The Kier molecular flexibility index (Phi) is 24.9. The van der Waals surface area contributed by atoms with Crippen molar-refractivity contribution in [3.05, 3.63) is 35.9 Å². The van der Waals surface area contributed by atoms with E-state index in [0.29, 0.717) is 0 Å². The fraction of sp³-hybridized carbons (Fsp3) is 0.533. The van der Waals surface area contributed by atoms with Gasteiger partial charge in [0.25, 0.3) is 0 Å². The summed E-state index contributed by atoms with van der Waals surface area (Å²) >= 11 is 0. The normalized spacial score (nSPS) is 7.18. The van der Waals surface area contributed by atoms with Crippen LogP contribution in [-0.4, -0.2) is 11.1 Å². The summed E-state index contributed by atoms with van der Waals surface area (Å²) < 4.78 is 0. The van der Waals surface area contributed by atoms with Crippen molar-refractivity contribution in [1.29, 1.82) is 0 Å².